The number of hydrogen-bond acceptors (Lipinski definition) is 2. The van der Waals surface area contributed by atoms with Crippen molar-refractivity contribution in [1.29, 1.82) is 0 Å². The van der Waals surface area contributed by atoms with Gasteiger partial charge in [0.25, 0.3) is 5.91 Å². The molecule has 0 aromatic heterocycles. The molecule has 5 heteroatoms. The summed E-state index contributed by atoms with van der Waals surface area (Å²) in [5.41, 5.74) is -0.0356. The summed E-state index contributed by atoms with van der Waals surface area (Å²) >= 11 is 5.63. The number of likely N-dealkylation sites (tertiary alicyclic amines) is 1. The smallest absolute Gasteiger partial charge is 0.256 e. The van der Waals surface area contributed by atoms with Gasteiger partial charge in [-0.25, -0.2) is 4.39 Å². The predicted octanol–water partition coefficient (Wildman–Crippen LogP) is 2.08. The molecule has 1 aliphatic rings. The number of aliphatic hydroxyl groups is 1. The van der Waals surface area contributed by atoms with Crippen LogP contribution >= 0.6 is 11.6 Å². The van der Waals surface area contributed by atoms with Crippen LogP contribution in [0.3, 0.4) is 0 Å². The van der Waals surface area contributed by atoms with Gasteiger partial charge in [-0.3, -0.25) is 4.79 Å². The van der Waals surface area contributed by atoms with Gasteiger partial charge in [0.2, 0.25) is 0 Å². The molecule has 3 nitrogen and oxygen atoms in total. The molecule has 1 amide bonds. The second kappa shape index (κ2) is 5.02. The van der Waals surface area contributed by atoms with Gasteiger partial charge in [-0.2, -0.15) is 0 Å². The zero-order valence-corrected chi connectivity index (χ0v) is 9.95. The van der Waals surface area contributed by atoms with Crippen molar-refractivity contribution in [3.63, 3.8) is 0 Å². The SMILES string of the molecule is O=C(c1cccc(Cl)c1F)N1CCC[C@H](O)C1. The molecule has 0 unspecified atom stereocenters. The zero-order chi connectivity index (χ0) is 12.4. The number of piperidine rings is 1. The van der Waals surface area contributed by atoms with Crippen LogP contribution in [0.5, 0.6) is 0 Å². The van der Waals surface area contributed by atoms with Crippen LogP contribution in [0.15, 0.2) is 18.2 Å². The summed E-state index contributed by atoms with van der Waals surface area (Å²) in [6.45, 7) is 0.798. The standard InChI is InChI=1S/C12H13ClFNO2/c13-10-5-1-4-9(11(10)14)12(17)15-6-2-3-8(16)7-15/h1,4-5,8,16H,2-3,6-7H2/t8-/m0/s1. The Bertz CT molecular complexity index is 439. The van der Waals surface area contributed by atoms with Crippen LogP contribution in [0.25, 0.3) is 0 Å². The summed E-state index contributed by atoms with van der Waals surface area (Å²) in [6, 6.07) is 4.35. The monoisotopic (exact) mass is 257 g/mol. The van der Waals surface area contributed by atoms with Crippen molar-refractivity contribution in [2.24, 2.45) is 0 Å². The third-order valence-electron chi connectivity index (χ3n) is 2.87. The molecule has 92 valence electrons. The minimum atomic E-state index is -0.695. The van der Waals surface area contributed by atoms with E-state index in [0.717, 1.165) is 6.42 Å². The number of halogens is 2. The number of carbonyl (C=O) groups excluding carboxylic acids is 1. The van der Waals surface area contributed by atoms with E-state index in [9.17, 15) is 14.3 Å². The second-order valence-electron chi connectivity index (χ2n) is 4.15. The van der Waals surface area contributed by atoms with Crippen LogP contribution in [0.2, 0.25) is 5.02 Å². The first-order chi connectivity index (χ1) is 8.09. The van der Waals surface area contributed by atoms with Crippen LogP contribution in [0.1, 0.15) is 23.2 Å². The Morgan fingerprint density at radius 3 is 3.00 bits per heavy atom. The molecule has 0 bridgehead atoms. The molecule has 0 saturated carbocycles. The summed E-state index contributed by atoms with van der Waals surface area (Å²) < 4.78 is 13.7. The van der Waals surface area contributed by atoms with Crippen LogP contribution in [-0.4, -0.2) is 35.1 Å². The molecule has 1 N–H and O–H groups in total. The van der Waals surface area contributed by atoms with E-state index in [1.165, 1.54) is 17.0 Å². The number of carbonyl (C=O) groups is 1. The zero-order valence-electron chi connectivity index (χ0n) is 9.20. The van der Waals surface area contributed by atoms with Crippen molar-refractivity contribution in [1.82, 2.24) is 4.90 Å². The number of rotatable bonds is 1. The summed E-state index contributed by atoms with van der Waals surface area (Å²) in [4.78, 5) is 13.5. The van der Waals surface area contributed by atoms with E-state index in [4.69, 9.17) is 11.6 Å². The fourth-order valence-corrected chi connectivity index (χ4v) is 2.15. The number of benzene rings is 1. The fraction of sp³-hybridized carbons (Fsp3) is 0.417. The van der Waals surface area contributed by atoms with Crippen molar-refractivity contribution in [2.45, 2.75) is 18.9 Å². The normalized spacial score (nSPS) is 20.4. The van der Waals surface area contributed by atoms with E-state index in [1.807, 2.05) is 0 Å². The largest absolute Gasteiger partial charge is 0.391 e. The lowest BCUT2D eigenvalue weighted by Gasteiger charge is -2.30. The molecule has 1 atom stereocenters. The molecule has 2 rings (SSSR count). The van der Waals surface area contributed by atoms with Gasteiger partial charge in [0.15, 0.2) is 5.82 Å². The van der Waals surface area contributed by atoms with Gasteiger partial charge < -0.3 is 10.0 Å². The third-order valence-corrected chi connectivity index (χ3v) is 3.16. The maximum absolute atomic E-state index is 13.7. The van der Waals surface area contributed by atoms with Crippen molar-refractivity contribution in [3.05, 3.63) is 34.6 Å². The van der Waals surface area contributed by atoms with Crippen LogP contribution in [0, 0.1) is 5.82 Å². The maximum Gasteiger partial charge on any atom is 0.256 e. The highest BCUT2D eigenvalue weighted by molar-refractivity contribution is 6.31. The number of nitrogens with zero attached hydrogens (tertiary/aromatic N) is 1. The Balaban J connectivity index is 2.22. The van der Waals surface area contributed by atoms with Gasteiger partial charge in [-0.1, -0.05) is 17.7 Å². The summed E-state index contributed by atoms with van der Waals surface area (Å²) in [5.74, 6) is -1.11. The van der Waals surface area contributed by atoms with E-state index in [2.05, 4.69) is 0 Å². The lowest BCUT2D eigenvalue weighted by Crippen LogP contribution is -2.42. The molecule has 0 radical (unpaired) electrons. The van der Waals surface area contributed by atoms with Crippen LogP contribution < -0.4 is 0 Å². The maximum atomic E-state index is 13.7. The molecule has 17 heavy (non-hydrogen) atoms. The first kappa shape index (κ1) is 12.3. The number of aliphatic hydroxyl groups excluding tert-OH is 1. The highest BCUT2D eigenvalue weighted by atomic mass is 35.5. The molecular weight excluding hydrogens is 245 g/mol. The van der Waals surface area contributed by atoms with Crippen LogP contribution in [-0.2, 0) is 0 Å². The van der Waals surface area contributed by atoms with E-state index >= 15 is 0 Å². The lowest BCUT2D eigenvalue weighted by molar-refractivity contribution is 0.0470. The van der Waals surface area contributed by atoms with Crippen LogP contribution in [0.4, 0.5) is 4.39 Å². The molecule has 0 aliphatic carbocycles. The Hall–Kier alpha value is -1.13. The van der Waals surface area contributed by atoms with Gasteiger partial charge >= 0.3 is 0 Å². The summed E-state index contributed by atoms with van der Waals surface area (Å²) in [7, 11) is 0. The fourth-order valence-electron chi connectivity index (χ4n) is 1.98. The number of β-amino-alcohol motifs (C(OH)–C–C–N with tert-alkyl or cyclic N) is 1. The molecule has 1 fully saturated rings. The summed E-state index contributed by atoms with van der Waals surface area (Å²) in [5, 5.41) is 9.42. The molecule has 1 aromatic rings. The van der Waals surface area contributed by atoms with Crippen molar-refractivity contribution >= 4 is 17.5 Å². The molecule has 1 aliphatic heterocycles. The number of amides is 1. The van der Waals surface area contributed by atoms with Crippen molar-refractivity contribution in [3.8, 4) is 0 Å². The van der Waals surface area contributed by atoms with Gasteiger partial charge in [0.1, 0.15) is 0 Å². The Morgan fingerprint density at radius 2 is 2.29 bits per heavy atom. The highest BCUT2D eigenvalue weighted by Crippen LogP contribution is 2.21. The third kappa shape index (κ3) is 2.58. The van der Waals surface area contributed by atoms with Gasteiger partial charge in [-0.05, 0) is 25.0 Å². The minimum Gasteiger partial charge on any atom is -0.391 e. The first-order valence-electron chi connectivity index (χ1n) is 5.51. The van der Waals surface area contributed by atoms with Gasteiger partial charge in [0.05, 0.1) is 16.7 Å². The topological polar surface area (TPSA) is 40.5 Å². The average Bonchev–Trinajstić information content (AvgIpc) is 2.32. The predicted molar refractivity (Wildman–Crippen MR) is 62.6 cm³/mol. The number of hydrogen-bond donors (Lipinski definition) is 1. The average molecular weight is 258 g/mol. The Kier molecular flexibility index (Phi) is 3.64. The molecular formula is C12H13ClFNO2. The molecule has 1 heterocycles. The molecule has 1 aromatic carbocycles. The van der Waals surface area contributed by atoms with Gasteiger partial charge in [0, 0.05) is 13.1 Å². The Labute approximate surface area is 104 Å². The summed E-state index contributed by atoms with van der Waals surface area (Å²) in [6.07, 6.45) is 0.895. The van der Waals surface area contributed by atoms with E-state index < -0.39 is 17.8 Å². The molecule has 0 spiro atoms. The first-order valence-corrected chi connectivity index (χ1v) is 5.88. The van der Waals surface area contributed by atoms with E-state index in [-0.39, 0.29) is 17.1 Å². The lowest BCUT2D eigenvalue weighted by atomic mass is 10.1. The van der Waals surface area contributed by atoms with E-state index in [0.29, 0.717) is 13.0 Å². The van der Waals surface area contributed by atoms with Crippen molar-refractivity contribution in [2.75, 3.05) is 13.1 Å². The Morgan fingerprint density at radius 1 is 1.53 bits per heavy atom. The quantitative estimate of drug-likeness (QED) is 0.837. The van der Waals surface area contributed by atoms with Crippen molar-refractivity contribution < 1.29 is 14.3 Å². The second-order valence-corrected chi connectivity index (χ2v) is 4.56. The highest BCUT2D eigenvalue weighted by Gasteiger charge is 2.25. The molecule has 1 saturated heterocycles. The minimum absolute atomic E-state index is 0.0356. The van der Waals surface area contributed by atoms with E-state index in [1.54, 1.807) is 6.07 Å². The van der Waals surface area contributed by atoms with Gasteiger partial charge in [-0.15, -0.1) is 0 Å².